The predicted octanol–water partition coefficient (Wildman–Crippen LogP) is 3.28. The standard InChI is InChI=1S/C22H23F3N2O3/c23-22(24,25)18-6-8-19(9-7-18)26-10-1-11-27(13-12-26)20(28)16-2-4-17(5-3-16)21(29)14-30-15-21/h2-9,29H,1,10-15H2. The third-order valence-corrected chi connectivity index (χ3v) is 5.69. The maximum Gasteiger partial charge on any atom is 0.416 e. The molecule has 5 nitrogen and oxygen atoms in total. The maximum atomic E-state index is 12.9. The van der Waals surface area contributed by atoms with E-state index in [0.717, 1.165) is 29.8 Å². The number of hydrogen-bond acceptors (Lipinski definition) is 4. The lowest BCUT2D eigenvalue weighted by Crippen LogP contribution is -2.46. The van der Waals surface area contributed by atoms with Crippen molar-refractivity contribution in [2.45, 2.75) is 18.2 Å². The number of amides is 1. The molecule has 30 heavy (non-hydrogen) atoms. The Bertz CT molecular complexity index is 893. The number of alkyl halides is 3. The van der Waals surface area contributed by atoms with Crippen molar-refractivity contribution in [3.05, 3.63) is 65.2 Å². The first kappa shape index (κ1) is 20.7. The van der Waals surface area contributed by atoms with Crippen molar-refractivity contribution in [2.24, 2.45) is 0 Å². The molecule has 0 saturated carbocycles. The fourth-order valence-electron chi connectivity index (χ4n) is 3.81. The van der Waals surface area contributed by atoms with Gasteiger partial charge < -0.3 is 19.6 Å². The lowest BCUT2D eigenvalue weighted by molar-refractivity contribution is -0.184. The van der Waals surface area contributed by atoms with E-state index in [4.69, 9.17) is 4.74 Å². The molecule has 1 amide bonds. The number of nitrogens with zero attached hydrogens (tertiary/aromatic N) is 2. The number of hydrogen-bond donors (Lipinski definition) is 1. The molecular weight excluding hydrogens is 397 g/mol. The Morgan fingerprint density at radius 1 is 0.933 bits per heavy atom. The molecule has 2 aliphatic rings. The number of benzene rings is 2. The lowest BCUT2D eigenvalue weighted by atomic mass is 9.91. The van der Waals surface area contributed by atoms with Gasteiger partial charge in [0.1, 0.15) is 5.60 Å². The highest BCUT2D eigenvalue weighted by molar-refractivity contribution is 5.94. The minimum atomic E-state index is -4.35. The number of halogens is 3. The van der Waals surface area contributed by atoms with Gasteiger partial charge in [0.25, 0.3) is 5.91 Å². The highest BCUT2D eigenvalue weighted by atomic mass is 19.4. The second kappa shape index (κ2) is 7.92. The van der Waals surface area contributed by atoms with E-state index in [2.05, 4.69) is 0 Å². The van der Waals surface area contributed by atoms with Crippen molar-refractivity contribution in [1.82, 2.24) is 4.90 Å². The zero-order valence-corrected chi connectivity index (χ0v) is 16.4. The van der Waals surface area contributed by atoms with Crippen molar-refractivity contribution in [3.8, 4) is 0 Å². The van der Waals surface area contributed by atoms with Gasteiger partial charge in [-0.3, -0.25) is 4.79 Å². The first-order valence-corrected chi connectivity index (χ1v) is 9.88. The average molecular weight is 420 g/mol. The second-order valence-corrected chi connectivity index (χ2v) is 7.78. The highest BCUT2D eigenvalue weighted by Gasteiger charge is 2.38. The van der Waals surface area contributed by atoms with Gasteiger partial charge in [-0.15, -0.1) is 0 Å². The van der Waals surface area contributed by atoms with Gasteiger partial charge in [0.05, 0.1) is 18.8 Å². The van der Waals surface area contributed by atoms with Crippen LogP contribution in [0.5, 0.6) is 0 Å². The Hall–Kier alpha value is -2.58. The van der Waals surface area contributed by atoms with Crippen molar-refractivity contribution in [1.29, 1.82) is 0 Å². The molecule has 2 heterocycles. The van der Waals surface area contributed by atoms with E-state index in [-0.39, 0.29) is 19.1 Å². The Balaban J connectivity index is 1.39. The molecule has 4 rings (SSSR count). The van der Waals surface area contributed by atoms with Crippen LogP contribution in [0.4, 0.5) is 18.9 Å². The molecule has 0 aliphatic carbocycles. The van der Waals surface area contributed by atoms with E-state index in [0.29, 0.717) is 31.7 Å². The molecule has 2 aromatic rings. The summed E-state index contributed by atoms with van der Waals surface area (Å²) >= 11 is 0. The lowest BCUT2D eigenvalue weighted by Gasteiger charge is -2.36. The summed E-state index contributed by atoms with van der Waals surface area (Å²) < 4.78 is 43.4. The smallest absolute Gasteiger partial charge is 0.380 e. The third-order valence-electron chi connectivity index (χ3n) is 5.69. The molecule has 0 radical (unpaired) electrons. The number of ether oxygens (including phenoxy) is 1. The monoisotopic (exact) mass is 420 g/mol. The van der Waals surface area contributed by atoms with E-state index in [1.165, 1.54) is 12.1 Å². The van der Waals surface area contributed by atoms with Gasteiger partial charge >= 0.3 is 6.18 Å². The van der Waals surface area contributed by atoms with E-state index in [1.807, 2.05) is 4.90 Å². The Labute approximate surface area is 172 Å². The molecule has 0 aromatic heterocycles. The van der Waals surface area contributed by atoms with Gasteiger partial charge in [0.2, 0.25) is 0 Å². The summed E-state index contributed by atoms with van der Waals surface area (Å²) in [4.78, 5) is 16.7. The molecule has 0 atom stereocenters. The zero-order valence-electron chi connectivity index (χ0n) is 16.4. The van der Waals surface area contributed by atoms with Crippen LogP contribution >= 0.6 is 0 Å². The van der Waals surface area contributed by atoms with Crippen LogP contribution in [0.1, 0.15) is 27.9 Å². The largest absolute Gasteiger partial charge is 0.416 e. The molecule has 1 N–H and O–H groups in total. The molecule has 2 fully saturated rings. The van der Waals surface area contributed by atoms with Crippen LogP contribution in [0.25, 0.3) is 0 Å². The summed E-state index contributed by atoms with van der Waals surface area (Å²) in [6.07, 6.45) is -3.63. The Kier molecular flexibility index (Phi) is 5.46. The number of anilines is 1. The molecule has 0 bridgehead atoms. The van der Waals surface area contributed by atoms with Crippen LogP contribution in [0, 0.1) is 0 Å². The average Bonchev–Trinajstić information content (AvgIpc) is 2.97. The minimum Gasteiger partial charge on any atom is -0.380 e. The van der Waals surface area contributed by atoms with Crippen molar-refractivity contribution < 1.29 is 27.8 Å². The number of rotatable bonds is 3. The van der Waals surface area contributed by atoms with Crippen LogP contribution in [-0.2, 0) is 16.5 Å². The van der Waals surface area contributed by atoms with Crippen LogP contribution in [0.3, 0.4) is 0 Å². The fraction of sp³-hybridized carbons (Fsp3) is 0.409. The first-order valence-electron chi connectivity index (χ1n) is 9.88. The van der Waals surface area contributed by atoms with Crippen LogP contribution in [0.2, 0.25) is 0 Å². The number of aliphatic hydroxyl groups is 1. The quantitative estimate of drug-likeness (QED) is 0.828. The maximum absolute atomic E-state index is 12.9. The minimum absolute atomic E-state index is 0.0901. The highest BCUT2D eigenvalue weighted by Crippen LogP contribution is 2.31. The topological polar surface area (TPSA) is 53.0 Å². The first-order chi connectivity index (χ1) is 14.3. The molecule has 0 unspecified atom stereocenters. The molecule has 2 saturated heterocycles. The van der Waals surface area contributed by atoms with Crippen molar-refractivity contribution in [2.75, 3.05) is 44.3 Å². The third kappa shape index (κ3) is 4.15. The van der Waals surface area contributed by atoms with Gasteiger partial charge in [0, 0.05) is 37.4 Å². The van der Waals surface area contributed by atoms with Gasteiger partial charge in [-0.1, -0.05) is 12.1 Å². The van der Waals surface area contributed by atoms with Gasteiger partial charge in [-0.25, -0.2) is 0 Å². The van der Waals surface area contributed by atoms with E-state index in [9.17, 15) is 23.1 Å². The predicted molar refractivity (Wildman–Crippen MR) is 105 cm³/mol. The van der Waals surface area contributed by atoms with E-state index < -0.39 is 17.3 Å². The fourth-order valence-corrected chi connectivity index (χ4v) is 3.81. The van der Waals surface area contributed by atoms with Crippen LogP contribution in [-0.4, -0.2) is 55.3 Å². The second-order valence-electron chi connectivity index (χ2n) is 7.78. The zero-order chi connectivity index (χ0) is 21.4. The number of carbonyl (C=O) groups excluding carboxylic acids is 1. The Morgan fingerprint density at radius 3 is 2.17 bits per heavy atom. The molecule has 160 valence electrons. The summed E-state index contributed by atoms with van der Waals surface area (Å²) in [5.41, 5.74) is 0.365. The van der Waals surface area contributed by atoms with E-state index in [1.54, 1.807) is 29.2 Å². The van der Waals surface area contributed by atoms with Crippen LogP contribution < -0.4 is 4.90 Å². The SMILES string of the molecule is O=C(c1ccc(C2(O)COC2)cc1)N1CCCN(c2ccc(C(F)(F)F)cc2)CC1. The molecule has 8 heteroatoms. The van der Waals surface area contributed by atoms with Gasteiger partial charge in [-0.2, -0.15) is 13.2 Å². The van der Waals surface area contributed by atoms with Gasteiger partial charge in [0.15, 0.2) is 0 Å². The van der Waals surface area contributed by atoms with Gasteiger partial charge in [-0.05, 0) is 48.4 Å². The molecule has 2 aliphatic heterocycles. The molecule has 2 aromatic carbocycles. The van der Waals surface area contributed by atoms with Crippen LogP contribution in [0.15, 0.2) is 48.5 Å². The Morgan fingerprint density at radius 2 is 1.60 bits per heavy atom. The molecule has 0 spiro atoms. The molecular formula is C22H23F3N2O3. The normalized spacial score (nSPS) is 19.2. The summed E-state index contributed by atoms with van der Waals surface area (Å²) in [6.45, 7) is 2.79. The summed E-state index contributed by atoms with van der Waals surface area (Å²) in [7, 11) is 0. The van der Waals surface area contributed by atoms with Crippen molar-refractivity contribution in [3.63, 3.8) is 0 Å². The summed E-state index contributed by atoms with van der Waals surface area (Å²) in [5.74, 6) is -0.0901. The summed E-state index contributed by atoms with van der Waals surface area (Å²) in [5, 5.41) is 10.3. The number of carbonyl (C=O) groups is 1. The van der Waals surface area contributed by atoms with E-state index >= 15 is 0 Å². The van der Waals surface area contributed by atoms with Crippen molar-refractivity contribution >= 4 is 11.6 Å². The summed E-state index contributed by atoms with van der Waals surface area (Å²) in [6, 6.07) is 12.1.